The number of carboxylic acid groups (broad SMARTS) is 1. The number of furan rings is 1. The minimum Gasteiger partial charge on any atom is -0.480 e. The average Bonchev–Trinajstić information content (AvgIpc) is 2.79. The molecule has 2 amide bonds. The number of hydrogen-bond donors (Lipinski definition) is 1. The predicted molar refractivity (Wildman–Crippen MR) is 65.1 cm³/mol. The van der Waals surface area contributed by atoms with E-state index in [0.717, 1.165) is 12.0 Å². The maximum atomic E-state index is 12.1. The van der Waals surface area contributed by atoms with E-state index in [4.69, 9.17) is 9.52 Å². The fraction of sp³-hybridized carbons (Fsp3) is 0.500. The van der Waals surface area contributed by atoms with E-state index in [1.54, 1.807) is 19.4 Å². The highest BCUT2D eigenvalue weighted by molar-refractivity contribution is 5.80. The van der Waals surface area contributed by atoms with Crippen LogP contribution in [0.2, 0.25) is 0 Å². The van der Waals surface area contributed by atoms with Crippen molar-refractivity contribution in [2.75, 3.05) is 20.1 Å². The number of rotatable bonds is 6. The van der Waals surface area contributed by atoms with Crippen molar-refractivity contribution < 1.29 is 19.1 Å². The van der Waals surface area contributed by atoms with Gasteiger partial charge in [0.25, 0.3) is 0 Å². The van der Waals surface area contributed by atoms with Crippen LogP contribution in [0.5, 0.6) is 0 Å². The van der Waals surface area contributed by atoms with Crippen LogP contribution in [0.15, 0.2) is 23.0 Å². The maximum absolute atomic E-state index is 12.1. The molecule has 0 bridgehead atoms. The highest BCUT2D eigenvalue weighted by Gasteiger charge is 2.19. The molecule has 18 heavy (non-hydrogen) atoms. The summed E-state index contributed by atoms with van der Waals surface area (Å²) in [6.45, 7) is 2.45. The summed E-state index contributed by atoms with van der Waals surface area (Å²) in [5, 5.41) is 8.77. The third kappa shape index (κ3) is 4.12. The van der Waals surface area contributed by atoms with Crippen LogP contribution < -0.4 is 0 Å². The summed E-state index contributed by atoms with van der Waals surface area (Å²) >= 11 is 0. The van der Waals surface area contributed by atoms with Gasteiger partial charge in [-0.15, -0.1) is 0 Å². The Morgan fingerprint density at radius 1 is 1.44 bits per heavy atom. The van der Waals surface area contributed by atoms with Gasteiger partial charge < -0.3 is 19.3 Å². The summed E-state index contributed by atoms with van der Waals surface area (Å²) in [7, 11) is 1.64. The van der Waals surface area contributed by atoms with Gasteiger partial charge in [0.1, 0.15) is 6.54 Å². The molecule has 0 fully saturated rings. The molecule has 0 atom stereocenters. The lowest BCUT2D eigenvalue weighted by atomic mass is 10.3. The molecule has 6 nitrogen and oxygen atoms in total. The number of hydrogen-bond acceptors (Lipinski definition) is 3. The Kier molecular flexibility index (Phi) is 5.23. The van der Waals surface area contributed by atoms with Gasteiger partial charge in [0.05, 0.1) is 19.1 Å². The first kappa shape index (κ1) is 14.1. The van der Waals surface area contributed by atoms with Gasteiger partial charge in [-0.3, -0.25) is 4.79 Å². The zero-order valence-electron chi connectivity index (χ0n) is 10.6. The largest absolute Gasteiger partial charge is 0.480 e. The van der Waals surface area contributed by atoms with Crippen molar-refractivity contribution in [3.63, 3.8) is 0 Å². The van der Waals surface area contributed by atoms with Crippen LogP contribution in [-0.2, 0) is 11.3 Å². The number of carbonyl (C=O) groups excluding carboxylic acids is 1. The second kappa shape index (κ2) is 6.68. The fourth-order valence-electron chi connectivity index (χ4n) is 1.64. The van der Waals surface area contributed by atoms with Crippen molar-refractivity contribution in [1.82, 2.24) is 9.80 Å². The third-order valence-electron chi connectivity index (χ3n) is 2.42. The Hall–Kier alpha value is -1.98. The first-order valence-electron chi connectivity index (χ1n) is 5.77. The Morgan fingerprint density at radius 3 is 2.67 bits per heavy atom. The van der Waals surface area contributed by atoms with Gasteiger partial charge in [-0.05, 0) is 12.5 Å². The molecule has 0 aliphatic rings. The molecule has 0 saturated carbocycles. The van der Waals surface area contributed by atoms with E-state index < -0.39 is 5.97 Å². The second-order valence-corrected chi connectivity index (χ2v) is 4.09. The molecule has 1 rings (SSSR count). The van der Waals surface area contributed by atoms with Gasteiger partial charge in [0.15, 0.2) is 0 Å². The molecule has 1 aromatic rings. The van der Waals surface area contributed by atoms with Crippen molar-refractivity contribution >= 4 is 12.0 Å². The SMILES string of the molecule is CCCN(CC(=O)O)C(=O)N(C)Cc1ccoc1. The van der Waals surface area contributed by atoms with Crippen LogP contribution in [0.4, 0.5) is 4.79 Å². The molecule has 1 N–H and O–H groups in total. The molecule has 0 saturated heterocycles. The number of amides is 2. The lowest BCUT2D eigenvalue weighted by molar-refractivity contribution is -0.137. The minimum atomic E-state index is -1.01. The molecule has 0 unspecified atom stereocenters. The first-order chi connectivity index (χ1) is 8.54. The molecular weight excluding hydrogens is 236 g/mol. The third-order valence-corrected chi connectivity index (χ3v) is 2.42. The van der Waals surface area contributed by atoms with E-state index in [1.165, 1.54) is 16.1 Å². The van der Waals surface area contributed by atoms with E-state index in [2.05, 4.69) is 0 Å². The number of urea groups is 1. The van der Waals surface area contributed by atoms with Crippen molar-refractivity contribution in [2.24, 2.45) is 0 Å². The van der Waals surface area contributed by atoms with Gasteiger partial charge in [0, 0.05) is 19.2 Å². The molecule has 1 aromatic heterocycles. The lowest BCUT2D eigenvalue weighted by Crippen LogP contribution is -2.43. The quantitative estimate of drug-likeness (QED) is 0.837. The van der Waals surface area contributed by atoms with Crippen molar-refractivity contribution in [1.29, 1.82) is 0 Å². The van der Waals surface area contributed by atoms with Crippen molar-refractivity contribution in [3.8, 4) is 0 Å². The Morgan fingerprint density at radius 2 is 2.17 bits per heavy atom. The van der Waals surface area contributed by atoms with Crippen LogP contribution in [-0.4, -0.2) is 47.0 Å². The highest BCUT2D eigenvalue weighted by Crippen LogP contribution is 2.06. The van der Waals surface area contributed by atoms with Gasteiger partial charge >= 0.3 is 12.0 Å². The summed E-state index contributed by atoms with van der Waals surface area (Å²) in [6.07, 6.45) is 3.82. The molecule has 0 radical (unpaired) electrons. The fourth-order valence-corrected chi connectivity index (χ4v) is 1.64. The van der Waals surface area contributed by atoms with E-state index in [-0.39, 0.29) is 12.6 Å². The number of aliphatic carboxylic acids is 1. The normalized spacial score (nSPS) is 10.1. The van der Waals surface area contributed by atoms with Crippen LogP contribution in [0.3, 0.4) is 0 Å². The van der Waals surface area contributed by atoms with E-state index in [0.29, 0.717) is 13.1 Å². The topological polar surface area (TPSA) is 74.0 Å². The van der Waals surface area contributed by atoms with Crippen LogP contribution >= 0.6 is 0 Å². The molecule has 6 heteroatoms. The monoisotopic (exact) mass is 254 g/mol. The van der Waals surface area contributed by atoms with Gasteiger partial charge in [0.2, 0.25) is 0 Å². The molecule has 0 aliphatic heterocycles. The van der Waals surface area contributed by atoms with Crippen molar-refractivity contribution in [3.05, 3.63) is 24.2 Å². The summed E-state index contributed by atoms with van der Waals surface area (Å²) < 4.78 is 4.92. The maximum Gasteiger partial charge on any atom is 0.323 e. The highest BCUT2D eigenvalue weighted by atomic mass is 16.4. The average molecular weight is 254 g/mol. The Labute approximate surface area is 106 Å². The van der Waals surface area contributed by atoms with Gasteiger partial charge in [-0.2, -0.15) is 0 Å². The van der Waals surface area contributed by atoms with Crippen LogP contribution in [0, 0.1) is 0 Å². The van der Waals surface area contributed by atoms with Crippen LogP contribution in [0.1, 0.15) is 18.9 Å². The van der Waals surface area contributed by atoms with E-state index in [9.17, 15) is 9.59 Å². The standard InChI is InChI=1S/C12H18N2O4/c1-3-5-14(8-11(15)16)12(17)13(2)7-10-4-6-18-9-10/h4,6,9H,3,5,7-8H2,1-2H3,(H,15,16). The summed E-state index contributed by atoms with van der Waals surface area (Å²) in [6, 6.07) is 1.48. The molecule has 100 valence electrons. The molecule has 0 aliphatic carbocycles. The zero-order valence-corrected chi connectivity index (χ0v) is 10.6. The summed E-state index contributed by atoms with van der Waals surface area (Å²) in [5.41, 5.74) is 0.873. The molecule has 1 heterocycles. The predicted octanol–water partition coefficient (Wildman–Crippen LogP) is 1.63. The van der Waals surface area contributed by atoms with Gasteiger partial charge in [-0.1, -0.05) is 6.92 Å². The molecular formula is C12H18N2O4. The minimum absolute atomic E-state index is 0.275. The van der Waals surface area contributed by atoms with Gasteiger partial charge in [-0.25, -0.2) is 4.79 Å². The lowest BCUT2D eigenvalue weighted by Gasteiger charge is -2.26. The second-order valence-electron chi connectivity index (χ2n) is 4.09. The summed E-state index contributed by atoms with van der Waals surface area (Å²) in [4.78, 5) is 25.6. The van der Waals surface area contributed by atoms with Crippen LogP contribution in [0.25, 0.3) is 0 Å². The summed E-state index contributed by atoms with van der Waals surface area (Å²) in [5.74, 6) is -1.01. The van der Waals surface area contributed by atoms with Crippen molar-refractivity contribution in [2.45, 2.75) is 19.9 Å². The number of carbonyl (C=O) groups is 2. The number of nitrogens with zero attached hydrogens (tertiary/aromatic N) is 2. The van der Waals surface area contributed by atoms with E-state index in [1.807, 2.05) is 6.92 Å². The first-order valence-corrected chi connectivity index (χ1v) is 5.77. The molecule has 0 spiro atoms. The smallest absolute Gasteiger partial charge is 0.323 e. The molecule has 0 aromatic carbocycles. The Balaban J connectivity index is 2.60. The Bertz CT molecular complexity index is 389. The zero-order chi connectivity index (χ0) is 13.5. The number of carboxylic acids is 1. The van der Waals surface area contributed by atoms with E-state index >= 15 is 0 Å².